The Kier molecular flexibility index (Phi) is 5.10. The van der Waals surface area contributed by atoms with Crippen molar-refractivity contribution >= 4 is 34.5 Å². The Morgan fingerprint density at radius 3 is 2.83 bits per heavy atom. The van der Waals surface area contributed by atoms with Gasteiger partial charge in [0.1, 0.15) is 6.17 Å². The minimum Gasteiger partial charge on any atom is -0.345 e. The summed E-state index contributed by atoms with van der Waals surface area (Å²) in [5, 5.41) is 10.0. The summed E-state index contributed by atoms with van der Waals surface area (Å²) >= 11 is 0. The number of anilines is 3. The first kappa shape index (κ1) is 19.8. The number of amides is 1. The van der Waals surface area contributed by atoms with E-state index in [1.54, 1.807) is 22.1 Å². The molecule has 11 heteroatoms. The zero-order valence-electron chi connectivity index (χ0n) is 17.1. The Balaban J connectivity index is 1.71. The number of hydrogen-bond acceptors (Lipinski definition) is 7. The van der Waals surface area contributed by atoms with Gasteiger partial charge >= 0.3 is 0 Å². The van der Waals surface area contributed by atoms with Gasteiger partial charge < -0.3 is 20.1 Å². The van der Waals surface area contributed by atoms with E-state index in [0.717, 1.165) is 11.8 Å². The summed E-state index contributed by atoms with van der Waals surface area (Å²) in [5.74, 6) is 0.475. The van der Waals surface area contributed by atoms with Gasteiger partial charge in [-0.2, -0.15) is 15.1 Å². The van der Waals surface area contributed by atoms with Gasteiger partial charge in [-0.1, -0.05) is 6.58 Å². The number of halogens is 1. The normalized spacial score (nSPS) is 18.9. The monoisotopic (exact) mass is 413 g/mol. The SMILES string of the molecule is C=CC(=O)N[C@@H]1CN(c2nc(Nc3cnn(C)c3)c3ncn(C(C)C)c3n2)C[C@@H]1F. The van der Waals surface area contributed by atoms with E-state index in [1.165, 1.54) is 0 Å². The number of carbonyl (C=O) groups is 1. The Morgan fingerprint density at radius 2 is 2.17 bits per heavy atom. The molecule has 2 atom stereocenters. The van der Waals surface area contributed by atoms with E-state index in [1.807, 2.05) is 31.7 Å². The number of alkyl halides is 1. The van der Waals surface area contributed by atoms with Crippen molar-refractivity contribution in [3.05, 3.63) is 31.4 Å². The van der Waals surface area contributed by atoms with Gasteiger partial charge in [0.2, 0.25) is 11.9 Å². The summed E-state index contributed by atoms with van der Waals surface area (Å²) in [5.41, 5.74) is 2.02. The number of aryl methyl sites for hydroxylation is 1. The molecule has 4 rings (SSSR count). The third-order valence-corrected chi connectivity index (χ3v) is 4.98. The highest BCUT2D eigenvalue weighted by molar-refractivity contribution is 5.88. The Morgan fingerprint density at radius 1 is 1.37 bits per heavy atom. The van der Waals surface area contributed by atoms with Crippen molar-refractivity contribution in [2.45, 2.75) is 32.1 Å². The summed E-state index contributed by atoms with van der Waals surface area (Å²) in [4.78, 5) is 27.1. The molecule has 0 radical (unpaired) electrons. The van der Waals surface area contributed by atoms with Crippen molar-refractivity contribution in [2.75, 3.05) is 23.3 Å². The van der Waals surface area contributed by atoms with Gasteiger partial charge in [-0.25, -0.2) is 9.37 Å². The standard InChI is InChI=1S/C19H24FN9O/c1-5-15(30)24-14-9-28(8-13(14)20)19-25-17(23-12-6-22-27(4)7-12)16-18(26-19)29(10-21-16)11(2)3/h5-7,10-11,13-14H,1,8-9H2,2-4H3,(H,24,30)(H,23,25,26)/t13-,14+/m0/s1. The number of imidazole rings is 1. The molecule has 1 saturated heterocycles. The van der Waals surface area contributed by atoms with Crippen LogP contribution in [0.25, 0.3) is 11.2 Å². The molecule has 2 N–H and O–H groups in total. The lowest BCUT2D eigenvalue weighted by atomic mass is 10.2. The Labute approximate surface area is 172 Å². The summed E-state index contributed by atoms with van der Waals surface area (Å²) in [6.07, 6.45) is 5.12. The Bertz CT molecular complexity index is 1090. The third-order valence-electron chi connectivity index (χ3n) is 4.98. The molecule has 4 heterocycles. The van der Waals surface area contributed by atoms with Gasteiger partial charge in [-0.15, -0.1) is 0 Å². The van der Waals surface area contributed by atoms with Crippen LogP contribution in [0.15, 0.2) is 31.4 Å². The molecule has 3 aromatic heterocycles. The average molecular weight is 413 g/mol. The van der Waals surface area contributed by atoms with E-state index in [9.17, 15) is 9.18 Å². The second-order valence-corrected chi connectivity index (χ2v) is 7.56. The first-order chi connectivity index (χ1) is 14.4. The van der Waals surface area contributed by atoms with E-state index >= 15 is 0 Å². The fourth-order valence-corrected chi connectivity index (χ4v) is 3.44. The fraction of sp³-hybridized carbons (Fsp3) is 0.421. The van der Waals surface area contributed by atoms with Gasteiger partial charge in [-0.05, 0) is 19.9 Å². The molecule has 1 aliphatic rings. The van der Waals surface area contributed by atoms with Crippen LogP contribution in [-0.2, 0) is 11.8 Å². The highest BCUT2D eigenvalue weighted by atomic mass is 19.1. The third kappa shape index (κ3) is 3.70. The number of aromatic nitrogens is 6. The Hall–Kier alpha value is -3.50. The van der Waals surface area contributed by atoms with E-state index in [0.29, 0.717) is 22.9 Å². The summed E-state index contributed by atoms with van der Waals surface area (Å²) in [6, 6.07) is -0.518. The van der Waals surface area contributed by atoms with Gasteiger partial charge in [0, 0.05) is 25.8 Å². The molecule has 0 bridgehead atoms. The van der Waals surface area contributed by atoms with Crippen LogP contribution < -0.4 is 15.5 Å². The van der Waals surface area contributed by atoms with Crippen LogP contribution in [0, 0.1) is 0 Å². The highest BCUT2D eigenvalue weighted by Crippen LogP contribution is 2.28. The molecule has 1 aliphatic heterocycles. The van der Waals surface area contributed by atoms with Crippen LogP contribution in [-0.4, -0.2) is 60.5 Å². The van der Waals surface area contributed by atoms with Crippen LogP contribution in [0.1, 0.15) is 19.9 Å². The minimum atomic E-state index is -1.24. The molecule has 0 saturated carbocycles. The second-order valence-electron chi connectivity index (χ2n) is 7.56. The van der Waals surface area contributed by atoms with Crippen LogP contribution in [0.5, 0.6) is 0 Å². The minimum absolute atomic E-state index is 0.0791. The fourth-order valence-electron chi connectivity index (χ4n) is 3.44. The first-order valence-electron chi connectivity index (χ1n) is 9.68. The number of fused-ring (bicyclic) bond motifs is 1. The predicted octanol–water partition coefficient (Wildman–Crippen LogP) is 1.71. The molecule has 0 aromatic carbocycles. The van der Waals surface area contributed by atoms with Crippen LogP contribution in [0.3, 0.4) is 0 Å². The van der Waals surface area contributed by atoms with Crippen LogP contribution in [0.4, 0.5) is 21.8 Å². The number of rotatable bonds is 6. The molecule has 0 unspecified atom stereocenters. The largest absolute Gasteiger partial charge is 0.345 e. The van der Waals surface area contributed by atoms with Crippen LogP contribution >= 0.6 is 0 Å². The lowest BCUT2D eigenvalue weighted by Crippen LogP contribution is -2.40. The molecule has 0 spiro atoms. The van der Waals surface area contributed by atoms with E-state index in [4.69, 9.17) is 0 Å². The maximum atomic E-state index is 14.5. The van der Waals surface area contributed by atoms with Crippen molar-refractivity contribution in [2.24, 2.45) is 7.05 Å². The maximum absolute atomic E-state index is 14.5. The van der Waals surface area contributed by atoms with Crippen molar-refractivity contribution in [1.29, 1.82) is 0 Å². The highest BCUT2D eigenvalue weighted by Gasteiger charge is 2.35. The van der Waals surface area contributed by atoms with Gasteiger partial charge in [-0.3, -0.25) is 9.48 Å². The number of nitrogens with zero attached hydrogens (tertiary/aromatic N) is 7. The van der Waals surface area contributed by atoms with Crippen molar-refractivity contribution in [3.8, 4) is 0 Å². The topological polar surface area (TPSA) is 106 Å². The van der Waals surface area contributed by atoms with E-state index < -0.39 is 18.1 Å². The lowest BCUT2D eigenvalue weighted by molar-refractivity contribution is -0.117. The average Bonchev–Trinajstić information content (AvgIpc) is 3.40. The smallest absolute Gasteiger partial charge is 0.243 e. The number of hydrogen-bond donors (Lipinski definition) is 2. The molecule has 10 nitrogen and oxygen atoms in total. The zero-order chi connectivity index (χ0) is 21.4. The van der Waals surface area contributed by atoms with Crippen LogP contribution in [0.2, 0.25) is 0 Å². The molecular formula is C19H24FN9O. The summed E-state index contributed by atoms with van der Waals surface area (Å²) in [6.45, 7) is 7.82. The van der Waals surface area contributed by atoms with Gasteiger partial charge in [0.25, 0.3) is 0 Å². The van der Waals surface area contributed by atoms with Crippen molar-refractivity contribution in [3.63, 3.8) is 0 Å². The first-order valence-corrected chi connectivity index (χ1v) is 9.68. The zero-order valence-corrected chi connectivity index (χ0v) is 17.1. The number of nitrogens with one attached hydrogen (secondary N) is 2. The lowest BCUT2D eigenvalue weighted by Gasteiger charge is -2.18. The molecule has 0 aliphatic carbocycles. The van der Waals surface area contributed by atoms with Crippen molar-refractivity contribution in [1.82, 2.24) is 34.6 Å². The molecule has 30 heavy (non-hydrogen) atoms. The molecular weight excluding hydrogens is 389 g/mol. The molecule has 1 amide bonds. The molecule has 3 aromatic rings. The summed E-state index contributed by atoms with van der Waals surface area (Å²) in [7, 11) is 1.82. The quantitative estimate of drug-likeness (QED) is 0.593. The predicted molar refractivity (Wildman–Crippen MR) is 111 cm³/mol. The van der Waals surface area contributed by atoms with E-state index in [2.05, 4.69) is 37.3 Å². The maximum Gasteiger partial charge on any atom is 0.243 e. The summed E-state index contributed by atoms with van der Waals surface area (Å²) < 4.78 is 18.2. The van der Waals surface area contributed by atoms with E-state index in [-0.39, 0.29) is 19.1 Å². The van der Waals surface area contributed by atoms with Gasteiger partial charge in [0.05, 0.1) is 30.8 Å². The molecule has 158 valence electrons. The second kappa shape index (κ2) is 7.73. The number of carbonyl (C=O) groups excluding carboxylic acids is 1. The van der Waals surface area contributed by atoms with Crippen molar-refractivity contribution < 1.29 is 9.18 Å². The van der Waals surface area contributed by atoms with Gasteiger partial charge in [0.15, 0.2) is 17.0 Å². The molecule has 1 fully saturated rings.